The first kappa shape index (κ1) is 21.1. The van der Waals surface area contributed by atoms with Crippen molar-refractivity contribution < 1.29 is 14.3 Å². The highest BCUT2D eigenvalue weighted by atomic mass is 35.5. The Labute approximate surface area is 176 Å². The summed E-state index contributed by atoms with van der Waals surface area (Å²) in [5.74, 6) is 0.336. The lowest BCUT2D eigenvalue weighted by Crippen LogP contribution is -2.54. The summed E-state index contributed by atoms with van der Waals surface area (Å²) in [6.45, 7) is 5.04. The molecule has 0 atom stereocenters. The third-order valence-corrected chi connectivity index (χ3v) is 5.36. The molecule has 3 rings (SSSR count). The molecular weight excluding hydrogens is 390 g/mol. The molecule has 7 heteroatoms. The number of ether oxygens (including phenoxy) is 1. The van der Waals surface area contributed by atoms with Crippen molar-refractivity contribution in [2.24, 2.45) is 5.73 Å². The zero-order valence-corrected chi connectivity index (χ0v) is 17.4. The van der Waals surface area contributed by atoms with E-state index < -0.39 is 11.8 Å². The smallest absolute Gasteiger partial charge is 0.413 e. The van der Waals surface area contributed by atoms with Crippen molar-refractivity contribution in [1.29, 1.82) is 0 Å². The van der Waals surface area contributed by atoms with Gasteiger partial charge in [0.25, 0.3) is 5.91 Å². The largest absolute Gasteiger partial charge is 0.428 e. The zero-order chi connectivity index (χ0) is 21.0. The van der Waals surface area contributed by atoms with Crippen LogP contribution in [-0.4, -0.2) is 35.7 Å². The predicted molar refractivity (Wildman–Crippen MR) is 114 cm³/mol. The quantitative estimate of drug-likeness (QED) is 0.714. The standard InChI is InChI=1S/C22H26ClN3O3/c1-15(2)16-5-9-19(10-6-16)25-21(28)29-22(24)11-13-26(14-12-22)20(27)17-3-7-18(23)8-4-17/h3-10,15H,11-14,24H2,1-2H3,(H,25,28). The van der Waals surface area contributed by atoms with E-state index in [0.29, 0.717) is 48.1 Å². The molecule has 0 aliphatic carbocycles. The fraction of sp³-hybridized carbons (Fsp3) is 0.364. The number of amides is 2. The molecule has 2 aromatic carbocycles. The van der Waals surface area contributed by atoms with E-state index in [-0.39, 0.29) is 5.91 Å². The molecule has 0 bridgehead atoms. The number of likely N-dealkylation sites (tertiary alicyclic amines) is 1. The molecule has 154 valence electrons. The van der Waals surface area contributed by atoms with Gasteiger partial charge in [0.1, 0.15) is 0 Å². The van der Waals surface area contributed by atoms with Gasteiger partial charge in [-0.15, -0.1) is 0 Å². The van der Waals surface area contributed by atoms with Gasteiger partial charge in [-0.2, -0.15) is 0 Å². The minimum atomic E-state index is -1.10. The summed E-state index contributed by atoms with van der Waals surface area (Å²) in [5, 5.41) is 3.29. The Balaban J connectivity index is 1.52. The Morgan fingerprint density at radius 1 is 1.07 bits per heavy atom. The highest BCUT2D eigenvalue weighted by Gasteiger charge is 2.36. The topological polar surface area (TPSA) is 84.7 Å². The second-order valence-electron chi connectivity index (χ2n) is 7.66. The number of hydrogen-bond acceptors (Lipinski definition) is 4. The van der Waals surface area contributed by atoms with E-state index in [0.717, 1.165) is 0 Å². The second kappa shape index (κ2) is 8.84. The average Bonchev–Trinajstić information content (AvgIpc) is 2.68. The van der Waals surface area contributed by atoms with Crippen LogP contribution in [0, 0.1) is 0 Å². The zero-order valence-electron chi connectivity index (χ0n) is 16.7. The average molecular weight is 416 g/mol. The van der Waals surface area contributed by atoms with Crippen LogP contribution in [0.3, 0.4) is 0 Å². The van der Waals surface area contributed by atoms with E-state index in [4.69, 9.17) is 22.1 Å². The molecule has 1 saturated heterocycles. The third-order valence-electron chi connectivity index (χ3n) is 5.11. The highest BCUT2D eigenvalue weighted by molar-refractivity contribution is 6.30. The molecule has 0 radical (unpaired) electrons. The number of rotatable bonds is 4. The van der Waals surface area contributed by atoms with Crippen molar-refractivity contribution in [2.75, 3.05) is 18.4 Å². The molecule has 2 aromatic rings. The minimum Gasteiger partial charge on any atom is -0.428 e. The number of halogens is 1. The van der Waals surface area contributed by atoms with E-state index in [9.17, 15) is 9.59 Å². The van der Waals surface area contributed by atoms with E-state index >= 15 is 0 Å². The number of benzene rings is 2. The second-order valence-corrected chi connectivity index (χ2v) is 8.09. The molecule has 0 unspecified atom stereocenters. The van der Waals surface area contributed by atoms with Gasteiger partial charge in [-0.25, -0.2) is 4.79 Å². The van der Waals surface area contributed by atoms with Crippen LogP contribution in [0.5, 0.6) is 0 Å². The van der Waals surface area contributed by atoms with Gasteiger partial charge in [-0.1, -0.05) is 37.6 Å². The summed E-state index contributed by atoms with van der Waals surface area (Å²) in [7, 11) is 0. The molecule has 29 heavy (non-hydrogen) atoms. The highest BCUT2D eigenvalue weighted by Crippen LogP contribution is 2.24. The number of nitrogens with two attached hydrogens (primary N) is 1. The SMILES string of the molecule is CC(C)c1ccc(NC(=O)OC2(N)CCN(C(=O)c3ccc(Cl)cc3)CC2)cc1. The summed E-state index contributed by atoms with van der Waals surface area (Å²) in [6.07, 6.45) is 0.139. The van der Waals surface area contributed by atoms with Gasteiger partial charge >= 0.3 is 6.09 Å². The van der Waals surface area contributed by atoms with Crippen LogP contribution in [-0.2, 0) is 4.74 Å². The third kappa shape index (κ3) is 5.49. The molecule has 1 aliphatic heterocycles. The Morgan fingerprint density at radius 2 is 1.66 bits per heavy atom. The van der Waals surface area contributed by atoms with Crippen LogP contribution in [0.15, 0.2) is 48.5 Å². The first-order valence-electron chi connectivity index (χ1n) is 9.69. The maximum Gasteiger partial charge on any atom is 0.413 e. The first-order chi connectivity index (χ1) is 13.8. The summed E-state index contributed by atoms with van der Waals surface area (Å²) in [6, 6.07) is 14.4. The minimum absolute atomic E-state index is 0.0848. The number of carbonyl (C=O) groups is 2. The predicted octanol–water partition coefficient (Wildman–Crippen LogP) is 4.60. The fourth-order valence-electron chi connectivity index (χ4n) is 3.24. The Hall–Kier alpha value is -2.57. The molecule has 3 N–H and O–H groups in total. The molecule has 1 aliphatic rings. The van der Waals surface area contributed by atoms with Crippen molar-refractivity contribution >= 4 is 29.3 Å². The number of nitrogens with one attached hydrogen (secondary N) is 1. The van der Waals surface area contributed by atoms with Crippen LogP contribution in [0.4, 0.5) is 10.5 Å². The van der Waals surface area contributed by atoms with Gasteiger partial charge in [0.15, 0.2) is 5.72 Å². The van der Waals surface area contributed by atoms with Crippen molar-refractivity contribution in [3.8, 4) is 0 Å². The molecule has 0 spiro atoms. The van der Waals surface area contributed by atoms with Crippen LogP contribution in [0.2, 0.25) is 5.02 Å². The number of anilines is 1. The van der Waals surface area contributed by atoms with Gasteiger partial charge in [0.05, 0.1) is 0 Å². The van der Waals surface area contributed by atoms with Gasteiger partial charge in [0.2, 0.25) is 0 Å². The first-order valence-corrected chi connectivity index (χ1v) is 10.1. The van der Waals surface area contributed by atoms with Crippen molar-refractivity contribution in [3.05, 3.63) is 64.7 Å². The van der Waals surface area contributed by atoms with Gasteiger partial charge in [-0.3, -0.25) is 15.8 Å². The summed E-state index contributed by atoms with van der Waals surface area (Å²) in [5.41, 5.74) is 7.58. The van der Waals surface area contributed by atoms with Gasteiger partial charge in [-0.05, 0) is 47.9 Å². The number of nitrogens with zero attached hydrogens (tertiary/aromatic N) is 1. The van der Waals surface area contributed by atoms with E-state index in [1.807, 2.05) is 24.3 Å². The number of hydrogen-bond donors (Lipinski definition) is 2. The van der Waals surface area contributed by atoms with Crippen LogP contribution >= 0.6 is 11.6 Å². The Morgan fingerprint density at radius 3 is 2.21 bits per heavy atom. The lowest BCUT2D eigenvalue weighted by molar-refractivity contribution is -0.0211. The lowest BCUT2D eigenvalue weighted by Gasteiger charge is -2.38. The summed E-state index contributed by atoms with van der Waals surface area (Å²) < 4.78 is 5.48. The molecule has 2 amide bonds. The normalized spacial score (nSPS) is 15.8. The lowest BCUT2D eigenvalue weighted by atomic mass is 10.0. The van der Waals surface area contributed by atoms with Gasteiger partial charge in [0, 0.05) is 42.2 Å². The summed E-state index contributed by atoms with van der Waals surface area (Å²) >= 11 is 5.87. The van der Waals surface area contributed by atoms with Crippen LogP contribution < -0.4 is 11.1 Å². The van der Waals surface area contributed by atoms with Crippen molar-refractivity contribution in [3.63, 3.8) is 0 Å². The van der Waals surface area contributed by atoms with Crippen molar-refractivity contribution in [1.82, 2.24) is 4.90 Å². The van der Waals surface area contributed by atoms with Crippen LogP contribution in [0.25, 0.3) is 0 Å². The molecular formula is C22H26ClN3O3. The number of piperidine rings is 1. The molecule has 1 heterocycles. The summed E-state index contributed by atoms with van der Waals surface area (Å²) in [4.78, 5) is 26.6. The Kier molecular flexibility index (Phi) is 6.45. The molecule has 6 nitrogen and oxygen atoms in total. The molecule has 0 aromatic heterocycles. The van der Waals surface area contributed by atoms with E-state index in [1.165, 1.54) is 5.56 Å². The maximum atomic E-state index is 12.6. The number of carbonyl (C=O) groups excluding carboxylic acids is 2. The fourth-order valence-corrected chi connectivity index (χ4v) is 3.37. The van der Waals surface area contributed by atoms with E-state index in [2.05, 4.69) is 19.2 Å². The van der Waals surface area contributed by atoms with Crippen molar-refractivity contribution in [2.45, 2.75) is 38.3 Å². The molecule has 1 fully saturated rings. The van der Waals surface area contributed by atoms with Crippen LogP contribution in [0.1, 0.15) is 48.5 Å². The molecule has 0 saturated carbocycles. The van der Waals surface area contributed by atoms with E-state index in [1.54, 1.807) is 29.2 Å². The monoisotopic (exact) mass is 415 g/mol. The maximum absolute atomic E-state index is 12.6. The Bertz CT molecular complexity index is 858. The van der Waals surface area contributed by atoms with Gasteiger partial charge < -0.3 is 9.64 Å².